The van der Waals surface area contributed by atoms with Gasteiger partial charge in [-0.3, -0.25) is 24.2 Å². The molecule has 1 aliphatic rings. The van der Waals surface area contributed by atoms with Crippen LogP contribution in [0.25, 0.3) is 11.0 Å². The number of nitrogens with one attached hydrogen (secondary N) is 1. The van der Waals surface area contributed by atoms with Crippen LogP contribution in [0.3, 0.4) is 0 Å². The van der Waals surface area contributed by atoms with Crippen molar-refractivity contribution >= 4 is 28.8 Å². The first-order valence-corrected chi connectivity index (χ1v) is 20.0. The number of carbonyl (C=O) groups excluding carboxylic acids is 2. The molecule has 2 amide bonds. The van der Waals surface area contributed by atoms with Crippen LogP contribution in [0.2, 0.25) is 0 Å². The maximum Gasteiger partial charge on any atom is 0.303 e. The SMILES string of the molecule is COCCNC(=O)c1c(CCCCCCCC/C=C\CCCCCCCC(=O)O)c2ncc(Cc3ccc(F)cc3)cc2n(CCN2CCCC2=O)c1=O. The maximum absolute atomic E-state index is 14.3. The number of fused-ring (bicyclic) bond motifs is 1. The standard InChI is InChI=1S/C43H59FN4O6/c1-54-29-25-45-42(52)40-36(18-15-13-11-9-7-5-3-2-4-6-8-10-12-14-16-20-39(50)51)41-37(48(43(40)53)28-27-47-26-17-19-38(47)49)31-34(32-46-41)30-33-21-23-35(44)24-22-33/h2,4,21-24,31-32H,3,5-20,25-30H2,1H3,(H,45,52)(H,50,51)/b4-2-. The molecular formula is C43H59FN4O6. The number of rotatable bonds is 26. The number of amides is 2. The van der Waals surface area contributed by atoms with Gasteiger partial charge >= 0.3 is 5.97 Å². The van der Waals surface area contributed by atoms with Crippen LogP contribution in [0, 0.1) is 5.82 Å². The van der Waals surface area contributed by atoms with Gasteiger partial charge in [-0.15, -0.1) is 0 Å². The second-order valence-corrected chi connectivity index (χ2v) is 14.4. The van der Waals surface area contributed by atoms with Crippen molar-refractivity contribution in [2.45, 2.75) is 122 Å². The summed E-state index contributed by atoms with van der Waals surface area (Å²) in [7, 11) is 1.56. The first-order chi connectivity index (χ1) is 26.3. The van der Waals surface area contributed by atoms with Gasteiger partial charge in [0.05, 0.1) is 17.6 Å². The summed E-state index contributed by atoms with van der Waals surface area (Å²) in [5.41, 5.74) is 3.40. The zero-order chi connectivity index (χ0) is 38.5. The van der Waals surface area contributed by atoms with E-state index in [1.54, 1.807) is 34.9 Å². The van der Waals surface area contributed by atoms with Crippen LogP contribution < -0.4 is 10.9 Å². The van der Waals surface area contributed by atoms with Gasteiger partial charge in [0.15, 0.2) is 0 Å². The Bertz CT molecular complexity index is 1740. The van der Waals surface area contributed by atoms with E-state index in [0.29, 0.717) is 55.6 Å². The van der Waals surface area contributed by atoms with E-state index in [9.17, 15) is 23.6 Å². The van der Waals surface area contributed by atoms with Crippen molar-refractivity contribution in [1.82, 2.24) is 19.8 Å². The van der Waals surface area contributed by atoms with Crippen molar-refractivity contribution in [3.63, 3.8) is 0 Å². The fraction of sp³-hybridized carbons (Fsp3) is 0.558. The number of hydrogen-bond acceptors (Lipinski definition) is 6. The van der Waals surface area contributed by atoms with Gasteiger partial charge in [0.2, 0.25) is 5.91 Å². The molecular weight excluding hydrogens is 687 g/mol. The number of likely N-dealkylation sites (tertiary alicyclic amines) is 1. The number of carboxylic acid groups (broad SMARTS) is 1. The van der Waals surface area contributed by atoms with Gasteiger partial charge < -0.3 is 24.6 Å². The van der Waals surface area contributed by atoms with Crippen LogP contribution in [0.5, 0.6) is 0 Å². The van der Waals surface area contributed by atoms with Crippen LogP contribution >= 0.6 is 0 Å². The highest BCUT2D eigenvalue weighted by Crippen LogP contribution is 2.24. The number of hydrogen-bond donors (Lipinski definition) is 2. The molecule has 0 spiro atoms. The lowest BCUT2D eigenvalue weighted by Crippen LogP contribution is -2.38. The molecule has 0 bridgehead atoms. The van der Waals surface area contributed by atoms with Crippen molar-refractivity contribution in [1.29, 1.82) is 0 Å². The number of methoxy groups -OCH3 is 1. The average molecular weight is 747 g/mol. The highest BCUT2D eigenvalue weighted by Gasteiger charge is 2.25. The number of ether oxygens (including phenoxy) is 1. The third-order valence-corrected chi connectivity index (χ3v) is 10.1. The number of benzene rings is 1. The van der Waals surface area contributed by atoms with Gasteiger partial charge in [-0.1, -0.05) is 69.2 Å². The molecule has 0 saturated carbocycles. The number of unbranched alkanes of at least 4 members (excludes halogenated alkanes) is 11. The van der Waals surface area contributed by atoms with Gasteiger partial charge in [-0.25, -0.2) is 4.39 Å². The molecule has 1 aromatic carbocycles. The molecule has 294 valence electrons. The number of pyridine rings is 2. The van der Waals surface area contributed by atoms with E-state index in [0.717, 1.165) is 101 Å². The van der Waals surface area contributed by atoms with E-state index >= 15 is 0 Å². The van der Waals surface area contributed by atoms with E-state index in [1.807, 2.05) is 6.07 Å². The lowest BCUT2D eigenvalue weighted by atomic mass is 9.97. The highest BCUT2D eigenvalue weighted by atomic mass is 19.1. The Balaban J connectivity index is 1.40. The highest BCUT2D eigenvalue weighted by molar-refractivity contribution is 5.99. The minimum atomic E-state index is -0.710. The van der Waals surface area contributed by atoms with Crippen molar-refractivity contribution in [2.75, 3.05) is 33.4 Å². The van der Waals surface area contributed by atoms with Crippen LogP contribution in [-0.4, -0.2) is 70.7 Å². The molecule has 0 unspecified atom stereocenters. The number of aryl methyl sites for hydroxylation is 1. The van der Waals surface area contributed by atoms with E-state index in [2.05, 4.69) is 17.5 Å². The number of carbonyl (C=O) groups is 3. The summed E-state index contributed by atoms with van der Waals surface area (Å²) in [6, 6.07) is 8.28. The lowest BCUT2D eigenvalue weighted by Gasteiger charge is -2.21. The molecule has 3 aromatic rings. The van der Waals surface area contributed by atoms with Crippen LogP contribution in [0.15, 0.2) is 53.5 Å². The number of carboxylic acids is 1. The number of nitrogens with zero attached hydrogens (tertiary/aromatic N) is 3. The molecule has 2 N–H and O–H groups in total. The Labute approximate surface area is 319 Å². The molecule has 1 aliphatic heterocycles. The summed E-state index contributed by atoms with van der Waals surface area (Å²) in [5, 5.41) is 11.6. The topological polar surface area (TPSA) is 131 Å². The van der Waals surface area contributed by atoms with Gasteiger partial charge in [0.1, 0.15) is 11.4 Å². The van der Waals surface area contributed by atoms with E-state index < -0.39 is 11.9 Å². The summed E-state index contributed by atoms with van der Waals surface area (Å²) in [6.45, 7) is 1.85. The largest absolute Gasteiger partial charge is 0.481 e. The number of allylic oxidation sites excluding steroid dienone is 2. The van der Waals surface area contributed by atoms with Crippen molar-refractivity contribution in [2.24, 2.45) is 0 Å². The first kappa shape index (κ1) is 42.4. The first-order valence-electron chi connectivity index (χ1n) is 20.0. The van der Waals surface area contributed by atoms with E-state index in [1.165, 1.54) is 12.1 Å². The summed E-state index contributed by atoms with van der Waals surface area (Å²) < 4.78 is 20.3. The van der Waals surface area contributed by atoms with Gasteiger partial charge in [-0.05, 0) is 92.7 Å². The summed E-state index contributed by atoms with van der Waals surface area (Å²) in [6.07, 6.45) is 22.5. The van der Waals surface area contributed by atoms with Crippen molar-refractivity contribution in [3.8, 4) is 0 Å². The molecule has 4 rings (SSSR count). The lowest BCUT2D eigenvalue weighted by molar-refractivity contribution is -0.137. The minimum Gasteiger partial charge on any atom is -0.481 e. The summed E-state index contributed by atoms with van der Waals surface area (Å²) in [4.78, 5) is 57.7. The van der Waals surface area contributed by atoms with Gasteiger partial charge in [0.25, 0.3) is 11.5 Å². The van der Waals surface area contributed by atoms with Crippen LogP contribution in [-0.2, 0) is 33.7 Å². The Morgan fingerprint density at radius 2 is 1.57 bits per heavy atom. The molecule has 1 saturated heterocycles. The van der Waals surface area contributed by atoms with E-state index in [4.69, 9.17) is 14.8 Å². The molecule has 54 heavy (non-hydrogen) atoms. The zero-order valence-electron chi connectivity index (χ0n) is 32.1. The molecule has 10 nitrogen and oxygen atoms in total. The van der Waals surface area contributed by atoms with Crippen molar-refractivity contribution in [3.05, 3.63) is 87.1 Å². The van der Waals surface area contributed by atoms with Gasteiger partial charge in [-0.2, -0.15) is 0 Å². The monoisotopic (exact) mass is 746 g/mol. The molecule has 2 aromatic heterocycles. The Morgan fingerprint density at radius 1 is 0.907 bits per heavy atom. The summed E-state index contributed by atoms with van der Waals surface area (Å²) >= 11 is 0. The van der Waals surface area contributed by atoms with Crippen molar-refractivity contribution < 1.29 is 28.6 Å². The predicted molar refractivity (Wildman–Crippen MR) is 210 cm³/mol. The average Bonchev–Trinajstić information content (AvgIpc) is 3.57. The van der Waals surface area contributed by atoms with E-state index in [-0.39, 0.29) is 42.4 Å². The number of halogens is 1. The fourth-order valence-corrected chi connectivity index (χ4v) is 7.15. The quantitative estimate of drug-likeness (QED) is 0.0634. The second kappa shape index (κ2) is 23.4. The van der Waals surface area contributed by atoms with Crippen LogP contribution in [0.4, 0.5) is 4.39 Å². The van der Waals surface area contributed by atoms with Gasteiger partial charge in [0, 0.05) is 52.3 Å². The zero-order valence-corrected chi connectivity index (χ0v) is 32.1. The van der Waals surface area contributed by atoms with Crippen LogP contribution in [0.1, 0.15) is 130 Å². The number of aliphatic carboxylic acids is 1. The fourth-order valence-electron chi connectivity index (χ4n) is 7.15. The Morgan fingerprint density at radius 3 is 2.22 bits per heavy atom. The smallest absolute Gasteiger partial charge is 0.303 e. The normalized spacial score (nSPS) is 13.1. The second-order valence-electron chi connectivity index (χ2n) is 14.4. The minimum absolute atomic E-state index is 0.0720. The molecule has 1 fully saturated rings. The maximum atomic E-state index is 14.3. The summed E-state index contributed by atoms with van der Waals surface area (Å²) in [5.74, 6) is -1.39. The third-order valence-electron chi connectivity index (χ3n) is 10.1. The molecule has 0 aliphatic carbocycles. The number of aromatic nitrogens is 2. The molecule has 3 heterocycles. The Hall–Kier alpha value is -4.38. The molecule has 11 heteroatoms. The molecule has 0 radical (unpaired) electrons. The predicted octanol–water partition coefficient (Wildman–Crippen LogP) is 7.77. The molecule has 0 atom stereocenters. The third kappa shape index (κ3) is 13.8. The Kier molecular flexibility index (Phi) is 18.4.